The van der Waals surface area contributed by atoms with E-state index in [0.29, 0.717) is 12.5 Å². The van der Waals surface area contributed by atoms with Crippen LogP contribution in [0.5, 0.6) is 0 Å². The zero-order valence-corrected chi connectivity index (χ0v) is 20.3. The van der Waals surface area contributed by atoms with Crippen molar-refractivity contribution >= 4 is 21.6 Å². The van der Waals surface area contributed by atoms with Gasteiger partial charge < -0.3 is 10.2 Å². The van der Waals surface area contributed by atoms with Gasteiger partial charge in [-0.15, -0.1) is 0 Å². The summed E-state index contributed by atoms with van der Waals surface area (Å²) in [7, 11) is -1.22. The van der Waals surface area contributed by atoms with Gasteiger partial charge in [-0.05, 0) is 81.3 Å². The summed E-state index contributed by atoms with van der Waals surface area (Å²) in [6.45, 7) is 1.49. The van der Waals surface area contributed by atoms with Gasteiger partial charge >= 0.3 is 6.03 Å². The molecule has 1 aliphatic heterocycles. The van der Waals surface area contributed by atoms with E-state index in [1.54, 1.807) is 24.3 Å². The summed E-state index contributed by atoms with van der Waals surface area (Å²) in [6, 6.07) is 17.5. The van der Waals surface area contributed by atoms with E-state index in [0.717, 1.165) is 37.9 Å². The van der Waals surface area contributed by atoms with Crippen molar-refractivity contribution in [2.24, 2.45) is 5.92 Å². The highest BCUT2D eigenvalue weighted by Crippen LogP contribution is 2.48. The molecule has 6 nitrogen and oxygen atoms in total. The van der Waals surface area contributed by atoms with Crippen LogP contribution >= 0.6 is 0 Å². The molecule has 2 aromatic carbocycles. The van der Waals surface area contributed by atoms with Crippen LogP contribution in [0, 0.1) is 5.92 Å². The van der Waals surface area contributed by atoms with Gasteiger partial charge in [0.1, 0.15) is 0 Å². The van der Waals surface area contributed by atoms with Crippen LogP contribution in [-0.4, -0.2) is 51.3 Å². The van der Waals surface area contributed by atoms with Gasteiger partial charge in [0, 0.05) is 24.0 Å². The lowest BCUT2D eigenvalue weighted by Crippen LogP contribution is -2.55. The summed E-state index contributed by atoms with van der Waals surface area (Å²) in [5.74, 6) is 0.614. The standard InChI is InChI=1S/C26H33N3O3S/c1-27-26(21-6-4-3-5-7-21)16-14-25(15-17-26)19-28(24(30)29(25)18-20-8-9-20)22-10-12-23(13-11-22)33(2,31)32/h3-7,10-13,20,27H,8-9,14-19H2,1-2H3. The molecule has 176 valence electrons. The number of anilines is 1. The number of hydrogen-bond acceptors (Lipinski definition) is 4. The SMILES string of the molecule is CNC1(c2ccccc2)CCC2(CC1)CN(c1ccc(S(C)(=O)=O)cc1)C(=O)N2CC1CC1. The van der Waals surface area contributed by atoms with Gasteiger partial charge in [-0.3, -0.25) is 4.90 Å². The monoisotopic (exact) mass is 467 g/mol. The lowest BCUT2D eigenvalue weighted by Gasteiger charge is -2.48. The molecule has 1 N–H and O–H groups in total. The molecule has 2 aromatic rings. The number of rotatable bonds is 6. The van der Waals surface area contributed by atoms with Crippen molar-refractivity contribution in [3.05, 3.63) is 60.2 Å². The van der Waals surface area contributed by atoms with Gasteiger partial charge in [0.15, 0.2) is 9.84 Å². The molecule has 1 saturated heterocycles. The molecular formula is C26H33N3O3S. The van der Waals surface area contributed by atoms with Crippen LogP contribution in [0.1, 0.15) is 44.1 Å². The van der Waals surface area contributed by atoms with Gasteiger partial charge in [0.05, 0.1) is 17.0 Å². The normalized spacial score (nSPS) is 28.0. The number of benzene rings is 2. The predicted molar refractivity (Wildman–Crippen MR) is 130 cm³/mol. The molecule has 1 heterocycles. The summed E-state index contributed by atoms with van der Waals surface area (Å²) in [5, 5.41) is 3.61. The minimum atomic E-state index is -3.27. The molecule has 1 spiro atoms. The lowest BCUT2D eigenvalue weighted by molar-refractivity contribution is 0.0762. The van der Waals surface area contributed by atoms with Crippen molar-refractivity contribution in [2.75, 3.05) is 31.3 Å². The van der Waals surface area contributed by atoms with E-state index in [1.807, 2.05) is 11.9 Å². The number of carbonyl (C=O) groups is 1. The Morgan fingerprint density at radius 3 is 2.15 bits per heavy atom. The Morgan fingerprint density at radius 2 is 1.61 bits per heavy atom. The van der Waals surface area contributed by atoms with Crippen molar-refractivity contribution in [3.8, 4) is 0 Å². The summed E-state index contributed by atoms with van der Waals surface area (Å²) in [6.07, 6.45) is 7.45. The lowest BCUT2D eigenvalue weighted by atomic mass is 9.69. The second kappa shape index (κ2) is 8.13. The predicted octanol–water partition coefficient (Wildman–Crippen LogP) is 4.17. The van der Waals surface area contributed by atoms with Crippen LogP contribution in [0.3, 0.4) is 0 Å². The molecule has 0 unspecified atom stereocenters. The third kappa shape index (κ3) is 4.06. The maximum Gasteiger partial charge on any atom is 0.325 e. The molecule has 0 aromatic heterocycles. The van der Waals surface area contributed by atoms with E-state index in [1.165, 1.54) is 24.7 Å². The first-order chi connectivity index (χ1) is 15.8. The number of carbonyl (C=O) groups excluding carboxylic acids is 1. The molecule has 0 radical (unpaired) electrons. The van der Waals surface area contributed by atoms with Crippen molar-refractivity contribution in [1.82, 2.24) is 10.2 Å². The summed E-state index contributed by atoms with van der Waals surface area (Å²) < 4.78 is 23.7. The van der Waals surface area contributed by atoms with E-state index in [2.05, 4.69) is 40.5 Å². The number of nitrogens with zero attached hydrogens (tertiary/aromatic N) is 2. The Morgan fingerprint density at radius 1 is 0.970 bits per heavy atom. The molecule has 7 heteroatoms. The molecule has 33 heavy (non-hydrogen) atoms. The number of nitrogens with one attached hydrogen (secondary N) is 1. The van der Waals surface area contributed by atoms with Crippen LogP contribution in [-0.2, 0) is 15.4 Å². The van der Waals surface area contributed by atoms with E-state index >= 15 is 0 Å². The quantitative estimate of drug-likeness (QED) is 0.692. The number of hydrogen-bond donors (Lipinski definition) is 1. The average Bonchev–Trinajstić information content (AvgIpc) is 3.61. The third-order valence-corrected chi connectivity index (χ3v) is 9.17. The molecule has 2 aliphatic carbocycles. The summed E-state index contributed by atoms with van der Waals surface area (Å²) in [4.78, 5) is 17.9. The molecular weight excluding hydrogens is 434 g/mol. The smallest absolute Gasteiger partial charge is 0.317 e. The van der Waals surface area contributed by atoms with Gasteiger partial charge in [-0.1, -0.05) is 30.3 Å². The van der Waals surface area contributed by atoms with Crippen molar-refractivity contribution in [1.29, 1.82) is 0 Å². The van der Waals surface area contributed by atoms with E-state index < -0.39 is 9.84 Å². The van der Waals surface area contributed by atoms with Crippen molar-refractivity contribution < 1.29 is 13.2 Å². The largest absolute Gasteiger partial charge is 0.325 e. The van der Waals surface area contributed by atoms with Crippen LogP contribution in [0.4, 0.5) is 10.5 Å². The zero-order valence-electron chi connectivity index (χ0n) is 19.5. The van der Waals surface area contributed by atoms with Crippen LogP contribution in [0.15, 0.2) is 59.5 Å². The number of urea groups is 1. The van der Waals surface area contributed by atoms with E-state index in [9.17, 15) is 13.2 Å². The van der Waals surface area contributed by atoms with Crippen molar-refractivity contribution in [3.63, 3.8) is 0 Å². The molecule has 5 rings (SSSR count). The topological polar surface area (TPSA) is 69.7 Å². The van der Waals surface area contributed by atoms with Crippen LogP contribution in [0.2, 0.25) is 0 Å². The van der Waals surface area contributed by atoms with Gasteiger partial charge in [0.25, 0.3) is 0 Å². The highest BCUT2D eigenvalue weighted by atomic mass is 32.2. The fraction of sp³-hybridized carbons (Fsp3) is 0.500. The summed E-state index contributed by atoms with van der Waals surface area (Å²) >= 11 is 0. The molecule has 0 atom stereocenters. The maximum atomic E-state index is 13.6. The highest BCUT2D eigenvalue weighted by Gasteiger charge is 2.54. The Bertz CT molecular complexity index is 1120. The second-order valence-corrected chi connectivity index (χ2v) is 12.1. The fourth-order valence-corrected chi connectivity index (χ4v) is 6.34. The van der Waals surface area contributed by atoms with Crippen molar-refractivity contribution in [2.45, 2.75) is 54.5 Å². The minimum absolute atomic E-state index is 0.0608. The fourth-order valence-electron chi connectivity index (χ4n) is 5.71. The molecule has 2 saturated carbocycles. The first kappa shape index (κ1) is 22.4. The number of sulfone groups is 1. The zero-order chi connectivity index (χ0) is 23.3. The first-order valence-corrected chi connectivity index (χ1v) is 13.8. The van der Waals surface area contributed by atoms with E-state index in [-0.39, 0.29) is 22.0 Å². The minimum Gasteiger partial charge on any atom is -0.317 e. The molecule has 2 amide bonds. The Kier molecular flexibility index (Phi) is 5.52. The van der Waals surface area contributed by atoms with Gasteiger partial charge in [0.2, 0.25) is 0 Å². The second-order valence-electron chi connectivity index (χ2n) is 10.1. The molecule has 3 aliphatic rings. The van der Waals surface area contributed by atoms with Crippen LogP contribution in [0.25, 0.3) is 0 Å². The Hall–Kier alpha value is -2.38. The van der Waals surface area contributed by atoms with Gasteiger partial charge in [-0.25, -0.2) is 13.2 Å². The Labute approximate surface area is 196 Å². The third-order valence-electron chi connectivity index (χ3n) is 8.04. The van der Waals surface area contributed by atoms with Crippen LogP contribution < -0.4 is 10.2 Å². The summed E-state index contributed by atoms with van der Waals surface area (Å²) in [5.41, 5.74) is 1.85. The molecule has 0 bridgehead atoms. The maximum absolute atomic E-state index is 13.6. The first-order valence-electron chi connectivity index (χ1n) is 11.9. The Balaban J connectivity index is 1.42. The van der Waals surface area contributed by atoms with E-state index in [4.69, 9.17) is 0 Å². The highest BCUT2D eigenvalue weighted by molar-refractivity contribution is 7.90. The number of amides is 2. The molecule has 3 fully saturated rings. The van der Waals surface area contributed by atoms with Gasteiger partial charge in [-0.2, -0.15) is 0 Å². The average molecular weight is 468 g/mol.